The third-order valence-corrected chi connectivity index (χ3v) is 6.32. The Morgan fingerprint density at radius 2 is 1.96 bits per heavy atom. The van der Waals surface area contributed by atoms with E-state index < -0.39 is 10.0 Å². The van der Waals surface area contributed by atoms with Crippen LogP contribution in [0.5, 0.6) is 0 Å². The first-order chi connectivity index (χ1) is 13.2. The molecule has 0 N–H and O–H groups in total. The van der Waals surface area contributed by atoms with E-state index in [1.807, 2.05) is 37.3 Å². The smallest absolute Gasteiger partial charge is 0.254 e. The molecule has 2 aromatic carbocycles. The van der Waals surface area contributed by atoms with Crippen molar-refractivity contribution in [1.82, 2.24) is 4.90 Å². The number of fused-ring (bicyclic) bond motifs is 2. The molecular weight excluding hydrogens is 376 g/mol. The quantitative estimate of drug-likeness (QED) is 0.675. The van der Waals surface area contributed by atoms with Crippen molar-refractivity contribution in [2.24, 2.45) is 0 Å². The molecule has 1 atom stereocenters. The van der Waals surface area contributed by atoms with Crippen LogP contribution < -0.4 is 4.31 Å². The van der Waals surface area contributed by atoms with E-state index in [-0.39, 0.29) is 11.9 Å². The number of para-hydroxylation sites is 1. The summed E-state index contributed by atoms with van der Waals surface area (Å²) in [4.78, 5) is 14.5. The van der Waals surface area contributed by atoms with Crippen molar-refractivity contribution in [1.29, 1.82) is 0 Å². The van der Waals surface area contributed by atoms with E-state index in [4.69, 9.17) is 4.42 Å². The van der Waals surface area contributed by atoms with E-state index in [2.05, 4.69) is 0 Å². The maximum absolute atomic E-state index is 12.9. The van der Waals surface area contributed by atoms with Crippen LogP contribution >= 0.6 is 0 Å². The van der Waals surface area contributed by atoms with Crippen LogP contribution in [0.3, 0.4) is 0 Å². The molecule has 6 nitrogen and oxygen atoms in total. The first kappa shape index (κ1) is 18.6. The molecule has 146 valence electrons. The minimum absolute atomic E-state index is 0.131. The molecule has 0 radical (unpaired) electrons. The van der Waals surface area contributed by atoms with Crippen molar-refractivity contribution in [2.45, 2.75) is 25.9 Å². The molecule has 0 saturated carbocycles. The van der Waals surface area contributed by atoms with Gasteiger partial charge in [-0.05, 0) is 49.2 Å². The number of hydrogen-bond acceptors (Lipinski definition) is 4. The van der Waals surface area contributed by atoms with Gasteiger partial charge in [0.2, 0.25) is 10.0 Å². The van der Waals surface area contributed by atoms with Crippen LogP contribution in [0, 0.1) is 0 Å². The van der Waals surface area contributed by atoms with E-state index in [0.717, 1.165) is 22.3 Å². The number of carbonyl (C=O) groups excluding carboxylic acids is 1. The summed E-state index contributed by atoms with van der Waals surface area (Å²) in [5, 5.41) is 1.01. The second-order valence-corrected chi connectivity index (χ2v) is 9.23. The minimum atomic E-state index is -3.34. The summed E-state index contributed by atoms with van der Waals surface area (Å²) < 4.78 is 31.3. The number of sulfonamides is 1. The molecule has 1 aromatic heterocycles. The highest BCUT2D eigenvalue weighted by Gasteiger charge is 2.33. The van der Waals surface area contributed by atoms with Gasteiger partial charge in [-0.25, -0.2) is 8.42 Å². The van der Waals surface area contributed by atoms with Gasteiger partial charge in [0.15, 0.2) is 0 Å². The predicted molar refractivity (Wildman–Crippen MR) is 109 cm³/mol. The molecule has 4 rings (SSSR count). The van der Waals surface area contributed by atoms with Crippen molar-refractivity contribution >= 4 is 32.6 Å². The summed E-state index contributed by atoms with van der Waals surface area (Å²) in [5.41, 5.74) is 2.87. The summed E-state index contributed by atoms with van der Waals surface area (Å²) in [5.74, 6) is 0.587. The zero-order chi connectivity index (χ0) is 20.1. The number of hydrogen-bond donors (Lipinski definition) is 0. The third kappa shape index (κ3) is 3.26. The average molecular weight is 398 g/mol. The van der Waals surface area contributed by atoms with Crippen molar-refractivity contribution in [3.05, 3.63) is 65.4 Å². The lowest BCUT2D eigenvalue weighted by Gasteiger charge is -2.22. The van der Waals surface area contributed by atoms with Gasteiger partial charge >= 0.3 is 0 Å². The molecule has 0 aliphatic carbocycles. The van der Waals surface area contributed by atoms with Gasteiger partial charge in [0, 0.05) is 24.0 Å². The summed E-state index contributed by atoms with van der Waals surface area (Å²) >= 11 is 0. The Kier molecular flexibility index (Phi) is 4.42. The molecule has 0 saturated heterocycles. The fourth-order valence-corrected chi connectivity index (χ4v) is 5.15. The lowest BCUT2D eigenvalue weighted by atomic mass is 10.1. The van der Waals surface area contributed by atoms with E-state index >= 15 is 0 Å². The molecule has 1 amide bonds. The molecule has 0 spiro atoms. The predicted octanol–water partition coefficient (Wildman–Crippen LogP) is 3.42. The normalized spacial score (nSPS) is 16.4. The van der Waals surface area contributed by atoms with E-state index in [9.17, 15) is 13.2 Å². The number of furan rings is 1. The van der Waals surface area contributed by atoms with Crippen LogP contribution in [-0.4, -0.2) is 38.6 Å². The Balaban J connectivity index is 1.56. The largest absolute Gasteiger partial charge is 0.459 e. The number of nitrogens with zero attached hydrogens (tertiary/aromatic N) is 2. The highest BCUT2D eigenvalue weighted by molar-refractivity contribution is 7.92. The summed E-state index contributed by atoms with van der Waals surface area (Å²) in [6.07, 6.45) is 1.80. The van der Waals surface area contributed by atoms with Crippen LogP contribution in [0.25, 0.3) is 11.0 Å². The minimum Gasteiger partial charge on any atom is -0.459 e. The molecular formula is C21H22N2O4S. The number of benzene rings is 2. The second kappa shape index (κ2) is 6.67. The monoisotopic (exact) mass is 398 g/mol. The highest BCUT2D eigenvalue weighted by Crippen LogP contribution is 2.35. The third-order valence-electron chi connectivity index (χ3n) is 5.05. The first-order valence-electron chi connectivity index (χ1n) is 9.09. The van der Waals surface area contributed by atoms with Gasteiger partial charge in [0.05, 0.1) is 18.5 Å². The fourth-order valence-electron chi connectivity index (χ4n) is 3.88. The summed E-state index contributed by atoms with van der Waals surface area (Å²) in [6.45, 7) is 2.23. The van der Waals surface area contributed by atoms with Crippen molar-refractivity contribution < 1.29 is 17.6 Å². The van der Waals surface area contributed by atoms with E-state index in [0.29, 0.717) is 24.2 Å². The summed E-state index contributed by atoms with van der Waals surface area (Å²) in [6, 6.07) is 14.7. The maximum atomic E-state index is 12.9. The Morgan fingerprint density at radius 1 is 1.21 bits per heavy atom. The molecule has 0 unspecified atom stereocenters. The van der Waals surface area contributed by atoms with Crippen LogP contribution in [-0.2, 0) is 23.0 Å². The molecule has 1 aliphatic rings. The topological polar surface area (TPSA) is 70.8 Å². The molecule has 2 heterocycles. The van der Waals surface area contributed by atoms with Crippen LogP contribution in [0.1, 0.15) is 28.6 Å². The van der Waals surface area contributed by atoms with Crippen LogP contribution in [0.4, 0.5) is 5.69 Å². The Labute approximate surface area is 164 Å². The van der Waals surface area contributed by atoms with Gasteiger partial charge in [-0.15, -0.1) is 0 Å². The van der Waals surface area contributed by atoms with E-state index in [1.54, 1.807) is 30.1 Å². The molecule has 0 bridgehead atoms. The van der Waals surface area contributed by atoms with Gasteiger partial charge in [-0.2, -0.15) is 0 Å². The Morgan fingerprint density at radius 3 is 2.68 bits per heavy atom. The molecule has 1 aliphatic heterocycles. The van der Waals surface area contributed by atoms with Gasteiger partial charge in [-0.3, -0.25) is 9.10 Å². The van der Waals surface area contributed by atoms with Crippen LogP contribution in [0.15, 0.2) is 52.9 Å². The first-order valence-corrected chi connectivity index (χ1v) is 10.9. The SMILES string of the molecule is C[C@H]1Cc2cc(C(=O)N(C)Cc3cc4ccccc4o3)ccc2N1S(C)(=O)=O. The maximum Gasteiger partial charge on any atom is 0.254 e. The fraction of sp³-hybridized carbons (Fsp3) is 0.286. The summed E-state index contributed by atoms with van der Waals surface area (Å²) in [7, 11) is -1.61. The zero-order valence-electron chi connectivity index (χ0n) is 16.0. The number of rotatable bonds is 4. The average Bonchev–Trinajstić information content (AvgIpc) is 3.18. The van der Waals surface area contributed by atoms with Crippen LogP contribution in [0.2, 0.25) is 0 Å². The highest BCUT2D eigenvalue weighted by atomic mass is 32.2. The van der Waals surface area contributed by atoms with Gasteiger partial charge in [0.25, 0.3) is 5.91 Å². The number of anilines is 1. The Hall–Kier alpha value is -2.80. The Bertz CT molecular complexity index is 1130. The van der Waals surface area contributed by atoms with Crippen molar-refractivity contribution in [2.75, 3.05) is 17.6 Å². The lowest BCUT2D eigenvalue weighted by molar-refractivity contribution is 0.0776. The number of carbonyl (C=O) groups is 1. The molecule has 0 fully saturated rings. The standard InChI is InChI=1S/C21H22N2O4S/c1-14-10-17-11-16(8-9-19(17)23(14)28(3,25)26)21(24)22(2)13-18-12-15-6-4-5-7-20(15)27-18/h4-9,11-12,14H,10,13H2,1-3H3/t14-/m0/s1. The molecule has 3 aromatic rings. The van der Waals surface area contributed by atoms with E-state index in [1.165, 1.54) is 10.6 Å². The van der Waals surface area contributed by atoms with Crippen molar-refractivity contribution in [3.63, 3.8) is 0 Å². The molecule has 7 heteroatoms. The number of amides is 1. The van der Waals surface area contributed by atoms with Gasteiger partial charge < -0.3 is 9.32 Å². The lowest BCUT2D eigenvalue weighted by Crippen LogP contribution is -2.34. The zero-order valence-corrected chi connectivity index (χ0v) is 16.9. The van der Waals surface area contributed by atoms with Gasteiger partial charge in [0.1, 0.15) is 11.3 Å². The second-order valence-electron chi connectivity index (χ2n) is 7.37. The van der Waals surface area contributed by atoms with Gasteiger partial charge in [-0.1, -0.05) is 18.2 Å². The van der Waals surface area contributed by atoms with Crippen molar-refractivity contribution in [3.8, 4) is 0 Å². The molecule has 28 heavy (non-hydrogen) atoms.